The van der Waals surface area contributed by atoms with E-state index in [9.17, 15) is 0 Å². The number of ether oxygens (including phenoxy) is 2. The summed E-state index contributed by atoms with van der Waals surface area (Å²) in [5.41, 5.74) is 11.2. The Morgan fingerprint density at radius 3 is 2.67 bits per heavy atom. The molecule has 1 aromatic carbocycles. The molecule has 0 atom stereocenters. The fourth-order valence-corrected chi connectivity index (χ4v) is 1.76. The topological polar surface area (TPSA) is 95.2 Å². The fraction of sp³-hybridized carbons (Fsp3) is 0.467. The molecule has 1 rings (SSSR count). The smallest absolute Gasteiger partial charge is 0.211 e. The van der Waals surface area contributed by atoms with Crippen LogP contribution in [0.25, 0.3) is 0 Å². The number of hydrogen-bond donors (Lipinski definition) is 2. The van der Waals surface area contributed by atoms with Gasteiger partial charge in [-0.25, -0.2) is 0 Å². The maximum atomic E-state index is 5.74. The molecule has 0 aromatic heterocycles. The van der Waals surface area contributed by atoms with Crippen molar-refractivity contribution in [3.8, 4) is 11.5 Å². The molecule has 1 aromatic rings. The molecular formula is C15H24N4O2. The Hall–Kier alpha value is -2.24. The van der Waals surface area contributed by atoms with Gasteiger partial charge in [0, 0.05) is 0 Å². The molecule has 0 bridgehead atoms. The van der Waals surface area contributed by atoms with Crippen molar-refractivity contribution in [2.45, 2.75) is 32.6 Å². The third kappa shape index (κ3) is 6.65. The highest BCUT2D eigenvalue weighted by Crippen LogP contribution is 2.27. The molecule has 4 N–H and O–H groups in total. The molecule has 0 unspecified atom stereocenters. The minimum atomic E-state index is -0.0785. The van der Waals surface area contributed by atoms with Crippen LogP contribution in [-0.4, -0.2) is 25.9 Å². The molecule has 0 aliphatic carbocycles. The summed E-state index contributed by atoms with van der Waals surface area (Å²) in [5.74, 6) is 1.32. The number of nitrogens with two attached hydrogens (primary N) is 2. The van der Waals surface area contributed by atoms with Crippen molar-refractivity contribution < 1.29 is 9.47 Å². The summed E-state index contributed by atoms with van der Waals surface area (Å²) in [6.45, 7) is 2.88. The van der Waals surface area contributed by atoms with Gasteiger partial charge in [0.2, 0.25) is 5.96 Å². The van der Waals surface area contributed by atoms with Gasteiger partial charge in [-0.05, 0) is 30.2 Å². The van der Waals surface area contributed by atoms with Crippen LogP contribution in [0.2, 0.25) is 0 Å². The second-order valence-corrected chi connectivity index (χ2v) is 4.59. The lowest BCUT2D eigenvalue weighted by Gasteiger charge is -2.11. The van der Waals surface area contributed by atoms with Crippen LogP contribution in [0.1, 0.15) is 38.2 Å². The molecule has 6 heteroatoms. The Morgan fingerprint density at radius 1 is 1.19 bits per heavy atom. The van der Waals surface area contributed by atoms with Gasteiger partial charge in [-0.2, -0.15) is 5.10 Å². The zero-order valence-corrected chi connectivity index (χ0v) is 12.7. The normalized spacial score (nSPS) is 10.6. The van der Waals surface area contributed by atoms with E-state index in [1.54, 1.807) is 13.3 Å². The zero-order chi connectivity index (χ0) is 15.5. The lowest BCUT2D eigenvalue weighted by Crippen LogP contribution is -2.21. The molecule has 0 saturated heterocycles. The highest BCUT2D eigenvalue weighted by Gasteiger charge is 2.04. The van der Waals surface area contributed by atoms with Gasteiger partial charge < -0.3 is 20.9 Å². The SMILES string of the molecule is CCCCCCOc1ccc(/C=N/N=C(N)N)cc1OC. The Kier molecular flexibility index (Phi) is 7.71. The van der Waals surface area contributed by atoms with Crippen LogP contribution >= 0.6 is 0 Å². The van der Waals surface area contributed by atoms with E-state index in [2.05, 4.69) is 17.1 Å². The van der Waals surface area contributed by atoms with Crippen LogP contribution in [0.4, 0.5) is 0 Å². The van der Waals surface area contributed by atoms with E-state index in [1.165, 1.54) is 19.3 Å². The first-order chi connectivity index (χ1) is 10.2. The number of rotatable bonds is 9. The van der Waals surface area contributed by atoms with Gasteiger partial charge in [0.15, 0.2) is 11.5 Å². The maximum absolute atomic E-state index is 5.74. The Balaban J connectivity index is 2.62. The average molecular weight is 292 g/mol. The predicted molar refractivity (Wildman–Crippen MR) is 86.0 cm³/mol. The van der Waals surface area contributed by atoms with E-state index < -0.39 is 0 Å². The molecule has 6 nitrogen and oxygen atoms in total. The third-order valence-electron chi connectivity index (χ3n) is 2.82. The summed E-state index contributed by atoms with van der Waals surface area (Å²) in [4.78, 5) is 0. The predicted octanol–water partition coefficient (Wildman–Crippen LogP) is 2.26. The van der Waals surface area contributed by atoms with E-state index in [0.29, 0.717) is 12.4 Å². The number of benzene rings is 1. The largest absolute Gasteiger partial charge is 0.493 e. The van der Waals surface area contributed by atoms with Crippen LogP contribution in [-0.2, 0) is 0 Å². The Bertz CT molecular complexity index is 483. The van der Waals surface area contributed by atoms with Gasteiger partial charge in [0.1, 0.15) is 0 Å². The van der Waals surface area contributed by atoms with Crippen LogP contribution < -0.4 is 20.9 Å². The molecule has 116 valence electrons. The second kappa shape index (κ2) is 9.63. The number of methoxy groups -OCH3 is 1. The monoisotopic (exact) mass is 292 g/mol. The molecule has 0 aliphatic rings. The van der Waals surface area contributed by atoms with Crippen molar-refractivity contribution in [1.82, 2.24) is 0 Å². The summed E-state index contributed by atoms with van der Waals surface area (Å²) in [6.07, 6.45) is 6.23. The molecule has 21 heavy (non-hydrogen) atoms. The van der Waals surface area contributed by atoms with E-state index in [4.69, 9.17) is 20.9 Å². The first kappa shape index (κ1) is 16.8. The lowest BCUT2D eigenvalue weighted by atomic mass is 10.2. The standard InChI is InChI=1S/C15H24N4O2/c1-3-4-5-6-9-21-13-8-7-12(10-14(13)20-2)11-18-19-15(16)17/h7-8,10-11H,3-6,9H2,1-2H3,(H4,16,17,19)/b18-11+. The summed E-state index contributed by atoms with van der Waals surface area (Å²) >= 11 is 0. The van der Waals surface area contributed by atoms with Gasteiger partial charge in [0.25, 0.3) is 0 Å². The summed E-state index contributed by atoms with van der Waals surface area (Å²) < 4.78 is 11.1. The van der Waals surface area contributed by atoms with Crippen molar-refractivity contribution >= 4 is 12.2 Å². The van der Waals surface area contributed by atoms with E-state index in [1.807, 2.05) is 18.2 Å². The average Bonchev–Trinajstić information content (AvgIpc) is 2.47. The molecule has 0 spiro atoms. The molecule has 0 radical (unpaired) electrons. The number of unbranched alkanes of at least 4 members (excludes halogenated alkanes) is 3. The van der Waals surface area contributed by atoms with E-state index in [-0.39, 0.29) is 5.96 Å². The van der Waals surface area contributed by atoms with E-state index >= 15 is 0 Å². The van der Waals surface area contributed by atoms with Crippen LogP contribution in [0.3, 0.4) is 0 Å². The van der Waals surface area contributed by atoms with Crippen molar-refractivity contribution in [2.75, 3.05) is 13.7 Å². The van der Waals surface area contributed by atoms with Gasteiger partial charge in [-0.3, -0.25) is 0 Å². The van der Waals surface area contributed by atoms with Crippen molar-refractivity contribution in [1.29, 1.82) is 0 Å². The molecular weight excluding hydrogens is 268 g/mol. The molecule has 0 heterocycles. The van der Waals surface area contributed by atoms with Gasteiger partial charge in [-0.1, -0.05) is 26.2 Å². The molecule has 0 fully saturated rings. The zero-order valence-electron chi connectivity index (χ0n) is 12.7. The summed E-state index contributed by atoms with van der Waals surface area (Å²) in [7, 11) is 1.61. The molecule has 0 amide bonds. The minimum Gasteiger partial charge on any atom is -0.493 e. The highest BCUT2D eigenvalue weighted by molar-refractivity contribution is 5.82. The first-order valence-corrected chi connectivity index (χ1v) is 7.10. The molecule has 0 saturated carbocycles. The lowest BCUT2D eigenvalue weighted by molar-refractivity contribution is 0.285. The number of guanidine groups is 1. The third-order valence-corrected chi connectivity index (χ3v) is 2.82. The highest BCUT2D eigenvalue weighted by atomic mass is 16.5. The second-order valence-electron chi connectivity index (χ2n) is 4.59. The van der Waals surface area contributed by atoms with Gasteiger partial charge in [0.05, 0.1) is 19.9 Å². The van der Waals surface area contributed by atoms with Gasteiger partial charge >= 0.3 is 0 Å². The maximum Gasteiger partial charge on any atom is 0.211 e. The summed E-state index contributed by atoms with van der Waals surface area (Å²) in [5, 5.41) is 7.30. The van der Waals surface area contributed by atoms with Crippen LogP contribution in [0.5, 0.6) is 11.5 Å². The van der Waals surface area contributed by atoms with Crippen molar-refractivity contribution in [3.05, 3.63) is 23.8 Å². The molecule has 0 aliphatic heterocycles. The quantitative estimate of drug-likeness (QED) is 0.316. The first-order valence-electron chi connectivity index (χ1n) is 7.10. The van der Waals surface area contributed by atoms with Gasteiger partial charge in [-0.15, -0.1) is 5.10 Å². The van der Waals surface area contributed by atoms with E-state index in [0.717, 1.165) is 17.7 Å². The van der Waals surface area contributed by atoms with Crippen molar-refractivity contribution in [3.63, 3.8) is 0 Å². The fourth-order valence-electron chi connectivity index (χ4n) is 1.76. The Morgan fingerprint density at radius 2 is 2.00 bits per heavy atom. The number of nitrogens with zero attached hydrogens (tertiary/aromatic N) is 2. The summed E-state index contributed by atoms with van der Waals surface area (Å²) in [6, 6.07) is 5.55. The van der Waals surface area contributed by atoms with Crippen molar-refractivity contribution in [2.24, 2.45) is 21.7 Å². The Labute approximate surface area is 125 Å². The van der Waals surface area contributed by atoms with Crippen LogP contribution in [0, 0.1) is 0 Å². The minimum absolute atomic E-state index is 0.0785. The van der Waals surface area contributed by atoms with Crippen LogP contribution in [0.15, 0.2) is 28.4 Å². The number of hydrogen-bond acceptors (Lipinski definition) is 4.